The number of ether oxygens (including phenoxy) is 1. The smallest absolute Gasteiger partial charge is 0.228 e. The number of nitrogens with zero attached hydrogens (tertiary/aromatic N) is 4. The molecule has 4 atom stereocenters. The Morgan fingerprint density at radius 1 is 1.52 bits per heavy atom. The lowest BCUT2D eigenvalue weighted by Gasteiger charge is -2.37. The van der Waals surface area contributed by atoms with Crippen molar-refractivity contribution in [1.82, 2.24) is 9.97 Å². The third-order valence-electron chi connectivity index (χ3n) is 3.84. The Morgan fingerprint density at radius 2 is 2.24 bits per heavy atom. The van der Waals surface area contributed by atoms with Crippen LogP contribution in [-0.4, -0.2) is 69.8 Å². The lowest BCUT2D eigenvalue weighted by atomic mass is 10.1. The number of aromatic nitrogens is 2. The molecule has 5 N–H and O–H groups in total. The molecule has 0 bridgehead atoms. The molecule has 9 nitrogen and oxygen atoms in total. The molecule has 0 aromatic carbocycles. The molecule has 1 aromatic heterocycles. The molecule has 3 heterocycles. The highest BCUT2D eigenvalue weighted by Gasteiger charge is 2.57. The first-order valence-corrected chi connectivity index (χ1v) is 6.81. The van der Waals surface area contributed by atoms with E-state index in [2.05, 4.69) is 22.6 Å². The summed E-state index contributed by atoms with van der Waals surface area (Å²) >= 11 is 4.28. The Kier molecular flexibility index (Phi) is 3.47. The van der Waals surface area contributed by atoms with Crippen LogP contribution in [-0.2, 0) is 4.74 Å². The second kappa shape index (κ2) is 4.93. The van der Waals surface area contributed by atoms with Crippen molar-refractivity contribution in [3.8, 4) is 0 Å². The fraction of sp³-hybridized carbons (Fsp3) is 0.636. The average molecular weight is 315 g/mol. The first-order chi connectivity index (χ1) is 9.90. The zero-order chi connectivity index (χ0) is 15.4. The first-order valence-electron chi connectivity index (χ1n) is 6.36. The maximum absolute atomic E-state index is 10.2. The number of rotatable bonds is 2. The van der Waals surface area contributed by atoms with Crippen LogP contribution in [0.15, 0.2) is 11.4 Å². The van der Waals surface area contributed by atoms with Crippen LogP contribution >= 0.6 is 12.6 Å². The fourth-order valence-corrected chi connectivity index (χ4v) is 3.05. The molecular formula is C11H17N5O4S. The van der Waals surface area contributed by atoms with Crippen molar-refractivity contribution >= 4 is 24.1 Å². The molecule has 0 saturated carbocycles. The monoisotopic (exact) mass is 315 g/mol. The second-order valence-electron chi connectivity index (χ2n) is 5.16. The summed E-state index contributed by atoms with van der Waals surface area (Å²) in [4.78, 5) is 11.5. The van der Waals surface area contributed by atoms with Gasteiger partial charge in [0.1, 0.15) is 35.4 Å². The Balaban J connectivity index is 2.02. The molecule has 10 heteroatoms. The van der Waals surface area contributed by atoms with Crippen LogP contribution in [0.25, 0.3) is 0 Å². The molecule has 21 heavy (non-hydrogen) atoms. The van der Waals surface area contributed by atoms with Gasteiger partial charge in [-0.1, -0.05) is 0 Å². The summed E-state index contributed by atoms with van der Waals surface area (Å²) in [6.45, 7) is -0.171. The number of thiol groups is 1. The number of fused-ring (bicyclic) bond motifs is 1. The molecule has 1 fully saturated rings. The summed E-state index contributed by atoms with van der Waals surface area (Å²) in [7, 11) is 1.80. The average Bonchev–Trinajstić information content (AvgIpc) is 2.91. The molecular weight excluding hydrogens is 298 g/mol. The van der Waals surface area contributed by atoms with Gasteiger partial charge in [0, 0.05) is 7.05 Å². The van der Waals surface area contributed by atoms with E-state index in [-0.39, 0.29) is 6.67 Å². The van der Waals surface area contributed by atoms with Gasteiger partial charge in [-0.15, -0.1) is 12.6 Å². The standard InChI is InChI=1S/C11H17N5O4S/c1-15-4-16(9-6(15)10(21)14-3-13-9)11(12)8(19)7(18)5(2-17)20-11/h3,5,7-8,17-19H,2,4,12H2,1H3,(H,13,14,21)/t5-,7-,8-,11?/m1/s1. The summed E-state index contributed by atoms with van der Waals surface area (Å²) in [5.74, 6) is -1.24. The number of hydrogen-bond acceptors (Lipinski definition) is 10. The third kappa shape index (κ3) is 1.99. The van der Waals surface area contributed by atoms with Crippen molar-refractivity contribution in [2.24, 2.45) is 5.73 Å². The van der Waals surface area contributed by atoms with E-state index in [0.717, 1.165) is 0 Å². The van der Waals surface area contributed by atoms with Crippen molar-refractivity contribution in [1.29, 1.82) is 0 Å². The normalized spacial score (nSPS) is 35.4. The molecule has 0 amide bonds. The van der Waals surface area contributed by atoms with Crippen LogP contribution in [0.1, 0.15) is 0 Å². The van der Waals surface area contributed by atoms with Gasteiger partial charge in [-0.2, -0.15) is 0 Å². The highest BCUT2D eigenvalue weighted by molar-refractivity contribution is 7.80. The van der Waals surface area contributed by atoms with Crippen LogP contribution in [0.5, 0.6) is 0 Å². The topological polar surface area (TPSA) is 128 Å². The van der Waals surface area contributed by atoms with Crippen molar-refractivity contribution in [2.45, 2.75) is 29.2 Å². The van der Waals surface area contributed by atoms with Gasteiger partial charge in [0.25, 0.3) is 0 Å². The zero-order valence-corrected chi connectivity index (χ0v) is 12.2. The van der Waals surface area contributed by atoms with Crippen LogP contribution in [0.3, 0.4) is 0 Å². The maximum atomic E-state index is 10.2. The van der Waals surface area contributed by atoms with Gasteiger partial charge in [0.15, 0.2) is 5.82 Å². The van der Waals surface area contributed by atoms with Crippen molar-refractivity contribution in [3.05, 3.63) is 6.33 Å². The van der Waals surface area contributed by atoms with Crippen molar-refractivity contribution in [3.63, 3.8) is 0 Å². The number of aliphatic hydroxyl groups excluding tert-OH is 3. The van der Waals surface area contributed by atoms with Gasteiger partial charge in [0.05, 0.1) is 13.3 Å². The molecule has 0 radical (unpaired) electrons. The van der Waals surface area contributed by atoms with E-state index in [1.807, 2.05) is 0 Å². The summed E-state index contributed by atoms with van der Waals surface area (Å²) in [6.07, 6.45) is -2.31. The van der Waals surface area contributed by atoms with Crippen molar-refractivity contribution in [2.75, 3.05) is 30.1 Å². The van der Waals surface area contributed by atoms with Gasteiger partial charge in [-0.25, -0.2) is 9.97 Å². The van der Waals surface area contributed by atoms with E-state index in [4.69, 9.17) is 10.5 Å². The van der Waals surface area contributed by atoms with E-state index in [9.17, 15) is 15.3 Å². The van der Waals surface area contributed by atoms with E-state index in [0.29, 0.717) is 16.5 Å². The van der Waals surface area contributed by atoms with Gasteiger partial charge >= 0.3 is 0 Å². The SMILES string of the molecule is CN1CN(C2(N)O[C@H](CO)[C@@H](O)[C@H]2O)c2ncnc(S)c21. The highest BCUT2D eigenvalue weighted by Crippen LogP contribution is 2.42. The predicted molar refractivity (Wildman–Crippen MR) is 75.9 cm³/mol. The van der Waals surface area contributed by atoms with Gasteiger partial charge < -0.3 is 25.0 Å². The lowest BCUT2D eigenvalue weighted by Crippen LogP contribution is -2.64. The van der Waals surface area contributed by atoms with E-state index >= 15 is 0 Å². The molecule has 1 saturated heterocycles. The van der Waals surface area contributed by atoms with Gasteiger partial charge in [0.2, 0.25) is 5.85 Å². The molecule has 2 aliphatic rings. The number of aliphatic hydroxyl groups is 3. The predicted octanol–water partition coefficient (Wildman–Crippen LogP) is -2.30. The minimum absolute atomic E-state index is 0.278. The van der Waals surface area contributed by atoms with Gasteiger partial charge in [-0.05, 0) is 0 Å². The minimum Gasteiger partial charge on any atom is -0.394 e. The van der Waals surface area contributed by atoms with Crippen molar-refractivity contribution < 1.29 is 20.1 Å². The van der Waals surface area contributed by atoms with Crippen LogP contribution < -0.4 is 15.5 Å². The molecule has 0 aliphatic carbocycles. The van der Waals surface area contributed by atoms with Gasteiger partial charge in [-0.3, -0.25) is 10.6 Å². The van der Waals surface area contributed by atoms with E-state index in [1.165, 1.54) is 11.2 Å². The molecule has 3 rings (SSSR count). The summed E-state index contributed by atoms with van der Waals surface area (Å²) in [6, 6.07) is 0. The Labute approximate surface area is 126 Å². The Bertz CT molecular complexity index is 563. The fourth-order valence-electron chi connectivity index (χ4n) is 2.72. The Morgan fingerprint density at radius 3 is 2.86 bits per heavy atom. The molecule has 2 aliphatic heterocycles. The summed E-state index contributed by atoms with van der Waals surface area (Å²) in [5, 5.41) is 29.8. The molecule has 1 unspecified atom stereocenters. The summed E-state index contributed by atoms with van der Waals surface area (Å²) < 4.78 is 5.49. The van der Waals surface area contributed by atoms with Crippen LogP contribution in [0, 0.1) is 0 Å². The minimum atomic E-state index is -1.69. The first kappa shape index (κ1) is 14.8. The lowest BCUT2D eigenvalue weighted by molar-refractivity contribution is -0.0893. The number of hydrogen-bond donors (Lipinski definition) is 5. The third-order valence-corrected chi connectivity index (χ3v) is 4.17. The maximum Gasteiger partial charge on any atom is 0.228 e. The number of nitrogens with two attached hydrogens (primary N) is 1. The number of anilines is 2. The van der Waals surface area contributed by atoms with E-state index < -0.39 is 30.8 Å². The molecule has 116 valence electrons. The molecule has 1 aromatic rings. The van der Waals surface area contributed by atoms with Crippen LogP contribution in [0.2, 0.25) is 0 Å². The highest BCUT2D eigenvalue weighted by atomic mass is 32.1. The Hall–Kier alpha value is -1.17. The summed E-state index contributed by atoms with van der Waals surface area (Å²) in [5.41, 5.74) is 6.82. The largest absolute Gasteiger partial charge is 0.394 e. The second-order valence-corrected chi connectivity index (χ2v) is 5.59. The quantitative estimate of drug-likeness (QED) is 0.302. The molecule has 0 spiro atoms. The van der Waals surface area contributed by atoms with Crippen LogP contribution in [0.4, 0.5) is 11.5 Å². The van der Waals surface area contributed by atoms with E-state index in [1.54, 1.807) is 11.9 Å². The zero-order valence-electron chi connectivity index (χ0n) is 11.3.